The molecule has 2 aromatic rings. The third-order valence-corrected chi connectivity index (χ3v) is 4.14. The molecule has 0 N–H and O–H groups in total. The third-order valence-electron chi connectivity index (χ3n) is 3.90. The van der Waals surface area contributed by atoms with Crippen molar-refractivity contribution in [1.29, 1.82) is 0 Å². The van der Waals surface area contributed by atoms with Crippen molar-refractivity contribution in [3.05, 3.63) is 77.0 Å². The second-order valence-electron chi connectivity index (χ2n) is 5.59. The van der Waals surface area contributed by atoms with Crippen molar-refractivity contribution in [1.82, 2.24) is 9.99 Å². The van der Waals surface area contributed by atoms with Gasteiger partial charge in [-0.3, -0.25) is 9.99 Å². The van der Waals surface area contributed by atoms with Gasteiger partial charge in [0.1, 0.15) is 0 Å². The SMILES string of the molecule is FC(F)(F)c1cccnc1C1=CN(c2cccc(Cl)c2)N2CN=NC2=C1. The van der Waals surface area contributed by atoms with Gasteiger partial charge in [-0.25, -0.2) is 5.01 Å². The highest BCUT2D eigenvalue weighted by molar-refractivity contribution is 6.30. The first-order valence-electron chi connectivity index (χ1n) is 7.59. The molecule has 0 atom stereocenters. The minimum absolute atomic E-state index is 0.165. The Morgan fingerprint density at radius 1 is 1.12 bits per heavy atom. The van der Waals surface area contributed by atoms with Crippen molar-refractivity contribution in [2.75, 3.05) is 11.7 Å². The van der Waals surface area contributed by atoms with E-state index < -0.39 is 11.7 Å². The Bertz CT molecular complexity index is 951. The van der Waals surface area contributed by atoms with Gasteiger partial charge in [-0.2, -0.15) is 18.3 Å². The minimum Gasteiger partial charge on any atom is -0.257 e. The highest BCUT2D eigenvalue weighted by Crippen LogP contribution is 2.38. The van der Waals surface area contributed by atoms with Crippen LogP contribution in [0.15, 0.2) is 70.9 Å². The number of allylic oxidation sites excluding steroid dienone is 2. The maximum absolute atomic E-state index is 13.4. The molecule has 0 fully saturated rings. The van der Waals surface area contributed by atoms with Gasteiger partial charge in [-0.15, -0.1) is 5.11 Å². The normalized spacial score (nSPS) is 16.5. The van der Waals surface area contributed by atoms with Gasteiger partial charge in [0.15, 0.2) is 12.5 Å². The van der Waals surface area contributed by atoms with Crippen molar-refractivity contribution in [3.63, 3.8) is 0 Å². The number of anilines is 1. The molecule has 0 aliphatic carbocycles. The molecule has 2 aliphatic rings. The third kappa shape index (κ3) is 2.92. The highest BCUT2D eigenvalue weighted by atomic mass is 35.5. The average Bonchev–Trinajstić information content (AvgIpc) is 3.08. The summed E-state index contributed by atoms with van der Waals surface area (Å²) in [7, 11) is 0. The van der Waals surface area contributed by atoms with Gasteiger partial charge < -0.3 is 0 Å². The van der Waals surface area contributed by atoms with E-state index in [1.54, 1.807) is 40.5 Å². The Labute approximate surface area is 151 Å². The Hall–Kier alpha value is -2.87. The quantitative estimate of drug-likeness (QED) is 0.731. The van der Waals surface area contributed by atoms with Crippen molar-refractivity contribution in [3.8, 4) is 0 Å². The molecule has 0 saturated heterocycles. The van der Waals surface area contributed by atoms with Gasteiger partial charge in [0, 0.05) is 23.0 Å². The summed E-state index contributed by atoms with van der Waals surface area (Å²) in [5.74, 6) is 0.432. The summed E-state index contributed by atoms with van der Waals surface area (Å²) in [6, 6.07) is 9.25. The number of nitrogens with zero attached hydrogens (tertiary/aromatic N) is 5. The number of aromatic nitrogens is 1. The maximum atomic E-state index is 13.4. The number of rotatable bonds is 2. The van der Waals surface area contributed by atoms with Crippen LogP contribution in [-0.2, 0) is 6.18 Å². The number of benzene rings is 1. The van der Waals surface area contributed by atoms with Crippen LogP contribution in [0.1, 0.15) is 11.3 Å². The van der Waals surface area contributed by atoms with Gasteiger partial charge in [0.25, 0.3) is 0 Å². The molecule has 0 bridgehead atoms. The predicted octanol–water partition coefficient (Wildman–Crippen LogP) is 5.10. The van der Waals surface area contributed by atoms with Crippen LogP contribution in [0.2, 0.25) is 5.02 Å². The number of hydrazine groups is 1. The second-order valence-corrected chi connectivity index (χ2v) is 6.03. The van der Waals surface area contributed by atoms with Gasteiger partial charge in [-0.1, -0.05) is 17.7 Å². The summed E-state index contributed by atoms with van der Waals surface area (Å²) >= 11 is 6.06. The van der Waals surface area contributed by atoms with Gasteiger partial charge in [0.2, 0.25) is 0 Å². The molecule has 1 aromatic heterocycles. The summed E-state index contributed by atoms with van der Waals surface area (Å²) < 4.78 is 40.1. The van der Waals surface area contributed by atoms with Crippen LogP contribution in [0.25, 0.3) is 5.57 Å². The number of fused-ring (bicyclic) bond motifs is 1. The molecule has 26 heavy (non-hydrogen) atoms. The first-order valence-corrected chi connectivity index (χ1v) is 7.97. The van der Waals surface area contributed by atoms with E-state index in [-0.39, 0.29) is 17.9 Å². The zero-order valence-corrected chi connectivity index (χ0v) is 13.9. The fourth-order valence-corrected chi connectivity index (χ4v) is 2.96. The molecule has 4 rings (SSSR count). The van der Waals surface area contributed by atoms with Crippen LogP contribution < -0.4 is 5.01 Å². The molecule has 0 radical (unpaired) electrons. The van der Waals surface area contributed by atoms with Gasteiger partial charge in [0.05, 0.1) is 16.9 Å². The molecular formula is C17H11ClF3N5. The topological polar surface area (TPSA) is 44.1 Å². The van der Waals surface area contributed by atoms with Crippen molar-refractivity contribution in [2.45, 2.75) is 6.18 Å². The number of hydrogen-bond acceptors (Lipinski definition) is 5. The lowest BCUT2D eigenvalue weighted by atomic mass is 10.0. The Morgan fingerprint density at radius 3 is 2.73 bits per heavy atom. The van der Waals surface area contributed by atoms with E-state index in [4.69, 9.17) is 11.6 Å². The smallest absolute Gasteiger partial charge is 0.257 e. The molecule has 3 heterocycles. The monoisotopic (exact) mass is 377 g/mol. The number of hydrogen-bond donors (Lipinski definition) is 0. The summed E-state index contributed by atoms with van der Waals surface area (Å²) in [6.07, 6.45) is -0.0768. The van der Waals surface area contributed by atoms with Crippen molar-refractivity contribution in [2.24, 2.45) is 10.2 Å². The van der Waals surface area contributed by atoms with E-state index in [2.05, 4.69) is 15.2 Å². The van der Waals surface area contributed by atoms with E-state index >= 15 is 0 Å². The van der Waals surface area contributed by atoms with Crippen LogP contribution in [-0.4, -0.2) is 16.7 Å². The van der Waals surface area contributed by atoms with E-state index in [0.717, 1.165) is 6.07 Å². The molecule has 0 spiro atoms. The lowest BCUT2D eigenvalue weighted by Gasteiger charge is -2.34. The highest BCUT2D eigenvalue weighted by Gasteiger charge is 2.36. The Morgan fingerprint density at radius 2 is 1.96 bits per heavy atom. The molecule has 2 aliphatic heterocycles. The van der Waals surface area contributed by atoms with Crippen LogP contribution >= 0.6 is 11.6 Å². The van der Waals surface area contributed by atoms with E-state index in [1.807, 2.05) is 0 Å². The first kappa shape index (κ1) is 16.6. The molecule has 0 unspecified atom stereocenters. The van der Waals surface area contributed by atoms with Crippen LogP contribution in [0, 0.1) is 0 Å². The van der Waals surface area contributed by atoms with Crippen LogP contribution in [0.3, 0.4) is 0 Å². The fraction of sp³-hybridized carbons (Fsp3) is 0.118. The molecule has 5 nitrogen and oxygen atoms in total. The zero-order chi connectivity index (χ0) is 18.3. The number of alkyl halides is 3. The maximum Gasteiger partial charge on any atom is 0.418 e. The number of azo groups is 1. The molecule has 1 aromatic carbocycles. The lowest BCUT2D eigenvalue weighted by Crippen LogP contribution is -2.38. The van der Waals surface area contributed by atoms with Crippen LogP contribution in [0.4, 0.5) is 18.9 Å². The number of halogens is 4. The molecular weight excluding hydrogens is 367 g/mol. The molecule has 0 amide bonds. The van der Waals surface area contributed by atoms with E-state index in [0.29, 0.717) is 16.5 Å². The van der Waals surface area contributed by atoms with Crippen molar-refractivity contribution >= 4 is 22.9 Å². The molecule has 9 heteroatoms. The standard InChI is InChI=1S/C17H11ClF3N5/c18-12-3-1-4-13(8-12)25-9-11(7-15-24-23-10-26(15)25)16-14(17(19,20)21)5-2-6-22-16/h1-9H,10H2. The molecule has 0 saturated carbocycles. The fourth-order valence-electron chi connectivity index (χ4n) is 2.77. The Kier molecular flexibility index (Phi) is 3.91. The van der Waals surface area contributed by atoms with E-state index in [9.17, 15) is 13.2 Å². The van der Waals surface area contributed by atoms with E-state index in [1.165, 1.54) is 18.3 Å². The average molecular weight is 378 g/mol. The molecule has 132 valence electrons. The zero-order valence-electron chi connectivity index (χ0n) is 13.2. The van der Waals surface area contributed by atoms with Crippen molar-refractivity contribution < 1.29 is 13.2 Å². The largest absolute Gasteiger partial charge is 0.418 e. The summed E-state index contributed by atoms with van der Waals surface area (Å²) in [4.78, 5) is 3.95. The second kappa shape index (κ2) is 6.14. The summed E-state index contributed by atoms with van der Waals surface area (Å²) in [5.41, 5.74) is -0.0128. The minimum atomic E-state index is -4.52. The summed E-state index contributed by atoms with van der Waals surface area (Å²) in [5, 5.41) is 11.9. The predicted molar refractivity (Wildman–Crippen MR) is 90.8 cm³/mol. The van der Waals surface area contributed by atoms with Gasteiger partial charge in [-0.05, 0) is 36.4 Å². The first-order chi connectivity index (χ1) is 12.4. The number of pyridine rings is 1. The lowest BCUT2D eigenvalue weighted by molar-refractivity contribution is -0.138. The van der Waals surface area contributed by atoms with Crippen LogP contribution in [0.5, 0.6) is 0 Å². The Balaban J connectivity index is 1.85. The van der Waals surface area contributed by atoms with Gasteiger partial charge >= 0.3 is 6.18 Å². The summed E-state index contributed by atoms with van der Waals surface area (Å²) in [6.45, 7) is 0.260.